The quantitative estimate of drug-likeness (QED) is 0.720. The van der Waals surface area contributed by atoms with Crippen molar-refractivity contribution in [2.24, 2.45) is 5.73 Å². The number of hydrogen-bond acceptors (Lipinski definition) is 3. The van der Waals surface area contributed by atoms with Crippen molar-refractivity contribution in [3.8, 4) is 0 Å². The monoisotopic (exact) mass is 399 g/mol. The topological polar surface area (TPSA) is 101 Å². The summed E-state index contributed by atoms with van der Waals surface area (Å²) >= 11 is 5.86. The number of rotatable bonds is 5. The molecule has 0 heterocycles. The lowest BCUT2D eigenvalue weighted by Gasteiger charge is -2.09. The van der Waals surface area contributed by atoms with Crippen LogP contribution < -0.4 is 16.4 Å². The summed E-state index contributed by atoms with van der Waals surface area (Å²) in [5, 5.41) is 4.78. The van der Waals surface area contributed by atoms with Gasteiger partial charge >= 0.3 is 6.18 Å². The summed E-state index contributed by atoms with van der Waals surface area (Å²) in [6, 6.07) is 7.63. The molecule has 0 spiro atoms. The minimum absolute atomic E-state index is 0.0235. The average molecular weight is 400 g/mol. The second-order valence-electron chi connectivity index (χ2n) is 5.36. The number of benzene rings is 2. The summed E-state index contributed by atoms with van der Waals surface area (Å²) in [5.41, 5.74) is 4.57. The van der Waals surface area contributed by atoms with Gasteiger partial charge in [-0.2, -0.15) is 13.2 Å². The van der Waals surface area contributed by atoms with E-state index in [-0.39, 0.29) is 21.8 Å². The molecule has 0 aliphatic carbocycles. The van der Waals surface area contributed by atoms with Gasteiger partial charge in [-0.25, -0.2) is 0 Å². The predicted molar refractivity (Wildman–Crippen MR) is 92.4 cm³/mol. The lowest BCUT2D eigenvalue weighted by atomic mass is 10.1. The van der Waals surface area contributed by atoms with Crippen LogP contribution in [0.2, 0.25) is 5.02 Å². The Morgan fingerprint density at radius 2 is 1.67 bits per heavy atom. The van der Waals surface area contributed by atoms with Gasteiger partial charge in [0.1, 0.15) is 0 Å². The highest BCUT2D eigenvalue weighted by molar-refractivity contribution is 6.34. The summed E-state index contributed by atoms with van der Waals surface area (Å²) in [6.07, 6.45) is -4.50. The molecule has 0 saturated heterocycles. The Balaban J connectivity index is 1.92. The van der Waals surface area contributed by atoms with Crippen LogP contribution in [-0.2, 0) is 11.0 Å². The van der Waals surface area contributed by atoms with E-state index in [1.165, 1.54) is 18.2 Å². The molecule has 4 N–H and O–H groups in total. The van der Waals surface area contributed by atoms with Crippen molar-refractivity contribution in [1.29, 1.82) is 0 Å². The number of hydrogen-bond donors (Lipinski definition) is 3. The van der Waals surface area contributed by atoms with Crippen molar-refractivity contribution < 1.29 is 27.6 Å². The van der Waals surface area contributed by atoms with Gasteiger partial charge in [-0.15, -0.1) is 0 Å². The first-order chi connectivity index (χ1) is 12.6. The van der Waals surface area contributed by atoms with Gasteiger partial charge in [-0.3, -0.25) is 14.4 Å². The Labute approximate surface area is 156 Å². The molecule has 10 heteroatoms. The predicted octanol–water partition coefficient (Wildman–Crippen LogP) is 2.83. The van der Waals surface area contributed by atoms with E-state index in [0.29, 0.717) is 0 Å². The molecular formula is C17H13ClF3N3O3. The minimum Gasteiger partial charge on any atom is -0.366 e. The molecule has 2 aromatic carbocycles. The Morgan fingerprint density at radius 3 is 2.19 bits per heavy atom. The number of nitrogens with one attached hydrogen (secondary N) is 2. The Hall–Kier alpha value is -3.07. The van der Waals surface area contributed by atoms with Crippen LogP contribution in [0.5, 0.6) is 0 Å². The van der Waals surface area contributed by atoms with E-state index in [9.17, 15) is 27.6 Å². The highest BCUT2D eigenvalue weighted by Gasteiger charge is 2.30. The zero-order valence-electron chi connectivity index (χ0n) is 13.6. The van der Waals surface area contributed by atoms with Crippen LogP contribution in [0.1, 0.15) is 26.3 Å². The molecule has 0 aliphatic rings. The number of primary amides is 1. The molecule has 0 fully saturated rings. The summed E-state index contributed by atoms with van der Waals surface area (Å²) in [7, 11) is 0. The lowest BCUT2D eigenvalue weighted by molar-refractivity contribution is -0.137. The first-order valence-corrected chi connectivity index (χ1v) is 7.80. The highest BCUT2D eigenvalue weighted by Crippen LogP contribution is 2.29. The third kappa shape index (κ3) is 5.45. The van der Waals surface area contributed by atoms with E-state index in [0.717, 1.165) is 24.3 Å². The number of carbonyl (C=O) groups excluding carboxylic acids is 3. The molecule has 0 radical (unpaired) electrons. The summed E-state index contributed by atoms with van der Waals surface area (Å²) < 4.78 is 37.5. The van der Waals surface area contributed by atoms with Crippen molar-refractivity contribution in [2.75, 3.05) is 11.9 Å². The molecule has 3 amide bonds. The van der Waals surface area contributed by atoms with Gasteiger partial charge in [0.2, 0.25) is 11.8 Å². The number of anilines is 1. The van der Waals surface area contributed by atoms with Gasteiger partial charge < -0.3 is 16.4 Å². The van der Waals surface area contributed by atoms with Crippen LogP contribution in [0, 0.1) is 0 Å². The summed E-state index contributed by atoms with van der Waals surface area (Å²) in [4.78, 5) is 34.8. The molecule has 0 bridgehead atoms. The van der Waals surface area contributed by atoms with Crippen molar-refractivity contribution in [2.45, 2.75) is 6.18 Å². The van der Waals surface area contributed by atoms with Gasteiger partial charge in [0.05, 0.1) is 22.7 Å². The van der Waals surface area contributed by atoms with E-state index in [2.05, 4.69) is 10.6 Å². The molecule has 0 atom stereocenters. The molecule has 27 heavy (non-hydrogen) atoms. The van der Waals surface area contributed by atoms with Gasteiger partial charge in [0.25, 0.3) is 5.91 Å². The molecular weight excluding hydrogens is 387 g/mol. The van der Waals surface area contributed by atoms with Crippen LogP contribution in [0.3, 0.4) is 0 Å². The average Bonchev–Trinajstić information content (AvgIpc) is 2.58. The van der Waals surface area contributed by atoms with E-state index >= 15 is 0 Å². The summed E-state index contributed by atoms with van der Waals surface area (Å²) in [6.45, 7) is -0.422. The van der Waals surface area contributed by atoms with Crippen molar-refractivity contribution >= 4 is 35.0 Å². The maximum Gasteiger partial charge on any atom is 0.416 e. The molecule has 0 aliphatic heterocycles. The SMILES string of the molecule is NC(=O)c1ccc(NC(=O)CNC(=O)c2ccc(C(F)(F)F)cc2)cc1Cl. The van der Waals surface area contributed by atoms with Crippen LogP contribution >= 0.6 is 11.6 Å². The molecule has 6 nitrogen and oxygen atoms in total. The Kier molecular flexibility index (Phi) is 6.06. The van der Waals surface area contributed by atoms with Crippen LogP contribution in [0.15, 0.2) is 42.5 Å². The molecule has 142 valence electrons. The molecule has 0 aromatic heterocycles. The molecule has 0 saturated carbocycles. The number of alkyl halides is 3. The van der Waals surface area contributed by atoms with Gasteiger partial charge in [-0.05, 0) is 42.5 Å². The second-order valence-corrected chi connectivity index (χ2v) is 5.77. The van der Waals surface area contributed by atoms with Gasteiger partial charge in [0, 0.05) is 11.3 Å². The Morgan fingerprint density at radius 1 is 1.04 bits per heavy atom. The zero-order chi connectivity index (χ0) is 20.2. The van der Waals surface area contributed by atoms with Crippen molar-refractivity contribution in [1.82, 2.24) is 5.32 Å². The van der Waals surface area contributed by atoms with Crippen molar-refractivity contribution in [3.63, 3.8) is 0 Å². The van der Waals surface area contributed by atoms with E-state index in [4.69, 9.17) is 17.3 Å². The molecule has 2 aromatic rings. The smallest absolute Gasteiger partial charge is 0.366 e. The van der Waals surface area contributed by atoms with Crippen LogP contribution in [0.25, 0.3) is 0 Å². The fourth-order valence-electron chi connectivity index (χ4n) is 2.07. The van der Waals surface area contributed by atoms with E-state index in [1.807, 2.05) is 0 Å². The zero-order valence-corrected chi connectivity index (χ0v) is 14.3. The molecule has 2 rings (SSSR count). The third-order valence-corrected chi connectivity index (χ3v) is 3.71. The van der Waals surface area contributed by atoms with E-state index in [1.54, 1.807) is 0 Å². The number of nitrogens with two attached hydrogens (primary N) is 1. The Bertz CT molecular complexity index is 883. The van der Waals surface area contributed by atoms with Crippen molar-refractivity contribution in [3.05, 3.63) is 64.2 Å². The lowest BCUT2D eigenvalue weighted by Crippen LogP contribution is -2.32. The highest BCUT2D eigenvalue weighted by atomic mass is 35.5. The maximum atomic E-state index is 12.5. The van der Waals surface area contributed by atoms with Crippen LogP contribution in [-0.4, -0.2) is 24.3 Å². The van der Waals surface area contributed by atoms with Crippen LogP contribution in [0.4, 0.5) is 18.9 Å². The summed E-state index contributed by atoms with van der Waals surface area (Å²) in [5.74, 6) is -2.03. The van der Waals surface area contributed by atoms with Gasteiger partial charge in [0.15, 0.2) is 0 Å². The number of halogens is 4. The maximum absolute atomic E-state index is 12.5. The first kappa shape index (κ1) is 20.2. The van der Waals surface area contributed by atoms with E-state index < -0.39 is 36.0 Å². The normalized spacial score (nSPS) is 11.0. The number of amides is 3. The first-order valence-electron chi connectivity index (χ1n) is 7.42. The fourth-order valence-corrected chi connectivity index (χ4v) is 2.34. The standard InChI is InChI=1S/C17H13ClF3N3O3/c18-13-7-11(5-6-12(13)15(22)26)24-14(25)8-23-16(27)9-1-3-10(4-2-9)17(19,20)21/h1-7H,8H2,(H2,22,26)(H,23,27)(H,24,25). The van der Waals surface area contributed by atoms with Gasteiger partial charge in [-0.1, -0.05) is 11.6 Å². The minimum atomic E-state index is -4.50. The number of carbonyl (C=O) groups is 3. The molecule has 0 unspecified atom stereocenters. The largest absolute Gasteiger partial charge is 0.416 e. The second kappa shape index (κ2) is 8.09. The third-order valence-electron chi connectivity index (χ3n) is 3.40. The fraction of sp³-hybridized carbons (Fsp3) is 0.118.